The topological polar surface area (TPSA) is 53.5 Å². The van der Waals surface area contributed by atoms with E-state index in [4.69, 9.17) is 0 Å². The second kappa shape index (κ2) is 4.31. The maximum Gasteiger partial charge on any atom is 0.257 e. The zero-order chi connectivity index (χ0) is 12.6. The Hall–Kier alpha value is -1.49. The molecule has 1 atom stereocenters. The molecule has 2 aliphatic rings. The molecule has 1 unspecified atom stereocenters. The molecule has 1 aromatic carbocycles. The molecule has 1 spiro atoms. The predicted octanol–water partition coefficient (Wildman–Crippen LogP) is 1.47. The van der Waals surface area contributed by atoms with Crippen LogP contribution >= 0.6 is 11.8 Å². The van der Waals surface area contributed by atoms with E-state index in [-0.39, 0.29) is 5.91 Å². The lowest BCUT2D eigenvalue weighted by atomic mass is 9.87. The third-order valence-electron chi connectivity index (χ3n) is 3.35. The Morgan fingerprint density at radius 1 is 1.44 bits per heavy atom. The molecule has 18 heavy (non-hydrogen) atoms. The first-order valence-corrected chi connectivity index (χ1v) is 7.11. The van der Waals surface area contributed by atoms with E-state index in [1.165, 1.54) is 4.90 Å². The van der Waals surface area contributed by atoms with Crippen molar-refractivity contribution in [2.24, 2.45) is 4.99 Å². The minimum atomic E-state index is -0.615. The normalized spacial score (nSPS) is 28.1. The van der Waals surface area contributed by atoms with Gasteiger partial charge >= 0.3 is 0 Å². The number of thioether (sulfide) groups is 1. The smallest absolute Gasteiger partial charge is 0.257 e. The third-order valence-corrected chi connectivity index (χ3v) is 4.42. The van der Waals surface area contributed by atoms with Gasteiger partial charge in [-0.25, -0.2) is 0 Å². The molecule has 0 radical (unpaired) electrons. The minimum absolute atomic E-state index is 0.0162. The number of hydrogen-bond donors (Lipinski definition) is 2. The van der Waals surface area contributed by atoms with Gasteiger partial charge in [-0.1, -0.05) is 18.2 Å². The summed E-state index contributed by atoms with van der Waals surface area (Å²) in [6, 6.07) is 8.10. The monoisotopic (exact) mass is 261 g/mol. The van der Waals surface area contributed by atoms with E-state index in [0.717, 1.165) is 17.7 Å². The van der Waals surface area contributed by atoms with Crippen LogP contribution in [0, 0.1) is 0 Å². The van der Waals surface area contributed by atoms with Crippen LogP contribution in [0.4, 0.5) is 0 Å². The average molecular weight is 261 g/mol. The molecule has 2 heterocycles. The number of rotatable bonds is 1. The Morgan fingerprint density at radius 2 is 2.28 bits per heavy atom. The fraction of sp³-hybridized carbons (Fsp3) is 0.385. The maximum absolute atomic E-state index is 12.3. The molecule has 94 valence electrons. The molecule has 0 bridgehead atoms. The summed E-state index contributed by atoms with van der Waals surface area (Å²) in [5.74, 6) is 1.56. The van der Waals surface area contributed by atoms with E-state index in [1.54, 1.807) is 11.8 Å². The van der Waals surface area contributed by atoms with Crippen molar-refractivity contribution in [3.8, 4) is 0 Å². The van der Waals surface area contributed by atoms with Crippen molar-refractivity contribution in [2.75, 3.05) is 12.3 Å². The fourth-order valence-electron chi connectivity index (χ4n) is 2.50. The van der Waals surface area contributed by atoms with Crippen molar-refractivity contribution in [3.05, 3.63) is 29.8 Å². The largest absolute Gasteiger partial charge is 0.338 e. The lowest BCUT2D eigenvalue weighted by Gasteiger charge is -2.32. The highest BCUT2D eigenvalue weighted by Gasteiger charge is 2.48. The van der Waals surface area contributed by atoms with Gasteiger partial charge < -0.3 is 5.32 Å². The molecule has 2 aliphatic heterocycles. The van der Waals surface area contributed by atoms with Crippen molar-refractivity contribution < 1.29 is 4.79 Å². The summed E-state index contributed by atoms with van der Waals surface area (Å²) >= 11 is 1.81. The molecule has 1 fully saturated rings. The Labute approximate surface area is 110 Å². The molecule has 2 N–H and O–H groups in total. The van der Waals surface area contributed by atoms with Crippen LogP contribution in [0.3, 0.4) is 0 Å². The number of carbonyl (C=O) groups is 1. The summed E-state index contributed by atoms with van der Waals surface area (Å²) in [5, 5.41) is 6.14. The molecule has 0 aromatic heterocycles. The lowest BCUT2D eigenvalue weighted by Crippen LogP contribution is -2.46. The Kier molecular flexibility index (Phi) is 2.78. The third kappa shape index (κ3) is 1.61. The highest BCUT2D eigenvalue weighted by Crippen LogP contribution is 2.41. The molecule has 4 nitrogen and oxygen atoms in total. The number of nitrogens with one attached hydrogen (secondary N) is 2. The number of aliphatic imine (C=N–C) groups is 1. The van der Waals surface area contributed by atoms with Crippen molar-refractivity contribution in [2.45, 2.75) is 23.8 Å². The Morgan fingerprint density at radius 3 is 3.11 bits per heavy atom. The van der Waals surface area contributed by atoms with Crippen LogP contribution in [0.5, 0.6) is 0 Å². The first kappa shape index (κ1) is 11.6. The lowest BCUT2D eigenvalue weighted by molar-refractivity contribution is -0.124. The summed E-state index contributed by atoms with van der Waals surface area (Å²) in [6.07, 6.45) is 0.795. The molecule has 5 heteroatoms. The number of nitrogens with zero attached hydrogens (tertiary/aromatic N) is 1. The van der Waals surface area contributed by atoms with Crippen LogP contribution in [-0.2, 0) is 10.3 Å². The average Bonchev–Trinajstić information content (AvgIpc) is 2.68. The standard InChI is InChI=1S/C13H15N3OS/c1-2-14-12-15-11(17)13(16-12)7-8-18-10-6-4-3-5-9(10)13/h3-6H,2,7-8H2,1H3,(H2,14,15,16,17). The Bertz CT molecular complexity index is 529. The highest BCUT2D eigenvalue weighted by atomic mass is 32.2. The molecule has 0 aliphatic carbocycles. The zero-order valence-electron chi connectivity index (χ0n) is 10.2. The van der Waals surface area contributed by atoms with E-state index < -0.39 is 5.54 Å². The predicted molar refractivity (Wildman–Crippen MR) is 72.7 cm³/mol. The van der Waals surface area contributed by atoms with Crippen LogP contribution < -0.4 is 10.6 Å². The first-order valence-electron chi connectivity index (χ1n) is 6.12. The van der Waals surface area contributed by atoms with Crippen LogP contribution in [0.2, 0.25) is 0 Å². The SMILES string of the molecule is CCN=C1NC(=O)C2(CCSc3ccccc32)N1. The Balaban J connectivity index is 2.07. The first-order chi connectivity index (χ1) is 8.76. The van der Waals surface area contributed by atoms with E-state index in [9.17, 15) is 4.79 Å². The quantitative estimate of drug-likeness (QED) is 0.805. The number of guanidine groups is 1. The van der Waals surface area contributed by atoms with Crippen molar-refractivity contribution in [1.29, 1.82) is 0 Å². The summed E-state index contributed by atoms with van der Waals surface area (Å²) in [4.78, 5) is 17.8. The minimum Gasteiger partial charge on any atom is -0.338 e. The second-order valence-electron chi connectivity index (χ2n) is 4.40. The van der Waals surface area contributed by atoms with Crippen LogP contribution in [0.15, 0.2) is 34.2 Å². The van der Waals surface area contributed by atoms with E-state index in [0.29, 0.717) is 12.5 Å². The molecule has 1 aromatic rings. The van der Waals surface area contributed by atoms with Gasteiger partial charge in [-0.05, 0) is 19.4 Å². The number of benzene rings is 1. The van der Waals surface area contributed by atoms with E-state index in [1.807, 2.05) is 25.1 Å². The molecule has 1 amide bonds. The molecule has 3 rings (SSSR count). The molecule has 1 saturated heterocycles. The van der Waals surface area contributed by atoms with E-state index >= 15 is 0 Å². The molecular formula is C13H15N3OS. The van der Waals surface area contributed by atoms with Gasteiger partial charge in [0.15, 0.2) is 5.96 Å². The maximum atomic E-state index is 12.3. The van der Waals surface area contributed by atoms with Gasteiger partial charge in [-0.2, -0.15) is 0 Å². The molecular weight excluding hydrogens is 246 g/mol. The number of carbonyl (C=O) groups excluding carboxylic acids is 1. The summed E-state index contributed by atoms with van der Waals surface area (Å²) in [7, 11) is 0. The van der Waals surface area contributed by atoms with Gasteiger partial charge in [0, 0.05) is 22.8 Å². The van der Waals surface area contributed by atoms with Crippen LogP contribution in [0.1, 0.15) is 18.9 Å². The van der Waals surface area contributed by atoms with Crippen molar-refractivity contribution >= 4 is 23.6 Å². The van der Waals surface area contributed by atoms with Gasteiger partial charge in [0.05, 0.1) is 0 Å². The number of hydrogen-bond acceptors (Lipinski definition) is 3. The van der Waals surface area contributed by atoms with Gasteiger partial charge in [-0.3, -0.25) is 15.1 Å². The van der Waals surface area contributed by atoms with Gasteiger partial charge in [0.2, 0.25) is 0 Å². The highest BCUT2D eigenvalue weighted by molar-refractivity contribution is 7.99. The van der Waals surface area contributed by atoms with Crippen LogP contribution in [-0.4, -0.2) is 24.2 Å². The summed E-state index contributed by atoms with van der Waals surface area (Å²) < 4.78 is 0. The summed E-state index contributed by atoms with van der Waals surface area (Å²) in [6.45, 7) is 2.62. The summed E-state index contributed by atoms with van der Waals surface area (Å²) in [5.41, 5.74) is 0.454. The fourth-order valence-corrected chi connectivity index (χ4v) is 3.70. The molecule has 0 saturated carbocycles. The van der Waals surface area contributed by atoms with E-state index in [2.05, 4.69) is 21.7 Å². The second-order valence-corrected chi connectivity index (χ2v) is 5.54. The number of fused-ring (bicyclic) bond motifs is 2. The van der Waals surface area contributed by atoms with Gasteiger partial charge in [-0.15, -0.1) is 11.8 Å². The van der Waals surface area contributed by atoms with Crippen LogP contribution in [0.25, 0.3) is 0 Å². The van der Waals surface area contributed by atoms with Crippen molar-refractivity contribution in [1.82, 2.24) is 10.6 Å². The van der Waals surface area contributed by atoms with Gasteiger partial charge in [0.1, 0.15) is 5.54 Å². The number of amides is 1. The van der Waals surface area contributed by atoms with Crippen molar-refractivity contribution in [3.63, 3.8) is 0 Å². The zero-order valence-corrected chi connectivity index (χ0v) is 11.0. The van der Waals surface area contributed by atoms with Gasteiger partial charge in [0.25, 0.3) is 5.91 Å².